The van der Waals surface area contributed by atoms with Gasteiger partial charge in [0.15, 0.2) is 0 Å². The van der Waals surface area contributed by atoms with Gasteiger partial charge in [-0.3, -0.25) is 4.79 Å². The first-order valence-electron chi connectivity index (χ1n) is 7.32. The van der Waals surface area contributed by atoms with E-state index in [1.807, 2.05) is 0 Å². The van der Waals surface area contributed by atoms with E-state index in [9.17, 15) is 4.79 Å². The van der Waals surface area contributed by atoms with Gasteiger partial charge in [-0.05, 0) is 42.1 Å². The van der Waals surface area contributed by atoms with E-state index in [-0.39, 0.29) is 11.9 Å². The molecule has 2 aromatic carbocycles. The predicted molar refractivity (Wildman–Crippen MR) is 81.7 cm³/mol. The van der Waals surface area contributed by atoms with Crippen LogP contribution in [0.5, 0.6) is 0 Å². The van der Waals surface area contributed by atoms with Gasteiger partial charge in [0.05, 0.1) is 6.04 Å². The van der Waals surface area contributed by atoms with Gasteiger partial charge in [0, 0.05) is 6.54 Å². The molecule has 0 aromatic heterocycles. The number of benzene rings is 2. The second-order valence-electron chi connectivity index (χ2n) is 5.37. The topological polar surface area (TPSA) is 41.1 Å². The lowest BCUT2D eigenvalue weighted by Gasteiger charge is -2.11. The Morgan fingerprint density at radius 3 is 2.85 bits per heavy atom. The van der Waals surface area contributed by atoms with Crippen molar-refractivity contribution in [2.45, 2.75) is 25.3 Å². The van der Waals surface area contributed by atoms with Crippen LogP contribution in [0.4, 0.5) is 0 Å². The molecule has 1 heterocycles. The second-order valence-corrected chi connectivity index (χ2v) is 5.37. The normalized spacial score (nSPS) is 18.3. The van der Waals surface area contributed by atoms with E-state index in [0.29, 0.717) is 6.54 Å². The van der Waals surface area contributed by atoms with Gasteiger partial charge in [-0.15, -0.1) is 0 Å². The molecule has 0 radical (unpaired) electrons. The van der Waals surface area contributed by atoms with Crippen molar-refractivity contribution in [1.82, 2.24) is 10.6 Å². The lowest BCUT2D eigenvalue weighted by atomic mass is 10.1. The van der Waals surface area contributed by atoms with E-state index in [4.69, 9.17) is 0 Å². The maximum Gasteiger partial charge on any atom is 0.237 e. The molecule has 104 valence electrons. The smallest absolute Gasteiger partial charge is 0.237 e. The van der Waals surface area contributed by atoms with Crippen LogP contribution in [0.25, 0.3) is 10.8 Å². The number of carbonyl (C=O) groups excluding carboxylic acids is 1. The fourth-order valence-corrected chi connectivity index (χ4v) is 2.76. The van der Waals surface area contributed by atoms with Crippen LogP contribution in [-0.2, 0) is 11.2 Å². The number of hydrogen-bond donors (Lipinski definition) is 2. The Morgan fingerprint density at radius 1 is 1.20 bits per heavy atom. The molecule has 3 heteroatoms. The Bertz CT molecular complexity index is 603. The minimum atomic E-state index is 0.0200. The van der Waals surface area contributed by atoms with Crippen LogP contribution in [0.2, 0.25) is 0 Å². The zero-order chi connectivity index (χ0) is 13.8. The standard InChI is InChI=1S/C17H20N2O/c20-17(16-6-3-10-18-16)19-11-9-13-7-8-14-4-1-2-5-15(14)12-13/h1-2,4-5,7-8,12,16,18H,3,6,9-11H2,(H,19,20)/t16-/m0/s1. The highest BCUT2D eigenvalue weighted by Crippen LogP contribution is 2.15. The molecular weight excluding hydrogens is 248 g/mol. The van der Waals surface area contributed by atoms with E-state index in [2.05, 4.69) is 53.1 Å². The first-order chi connectivity index (χ1) is 9.83. The molecule has 0 saturated carbocycles. The monoisotopic (exact) mass is 268 g/mol. The summed E-state index contributed by atoms with van der Waals surface area (Å²) in [5.74, 6) is 0.142. The highest BCUT2D eigenvalue weighted by molar-refractivity contribution is 5.83. The van der Waals surface area contributed by atoms with Crippen LogP contribution >= 0.6 is 0 Å². The van der Waals surface area contributed by atoms with Gasteiger partial charge in [-0.1, -0.05) is 42.5 Å². The lowest BCUT2D eigenvalue weighted by molar-refractivity contribution is -0.122. The van der Waals surface area contributed by atoms with Gasteiger partial charge in [-0.25, -0.2) is 0 Å². The molecule has 1 aliphatic rings. The average Bonchev–Trinajstić information content (AvgIpc) is 3.01. The first kappa shape index (κ1) is 13.1. The molecule has 20 heavy (non-hydrogen) atoms. The zero-order valence-electron chi connectivity index (χ0n) is 11.6. The van der Waals surface area contributed by atoms with Crippen molar-refractivity contribution in [1.29, 1.82) is 0 Å². The Balaban J connectivity index is 1.55. The van der Waals surface area contributed by atoms with Crippen LogP contribution in [0, 0.1) is 0 Å². The van der Waals surface area contributed by atoms with Crippen molar-refractivity contribution < 1.29 is 4.79 Å². The van der Waals surface area contributed by atoms with Crippen molar-refractivity contribution in [2.75, 3.05) is 13.1 Å². The number of carbonyl (C=O) groups is 1. The van der Waals surface area contributed by atoms with E-state index >= 15 is 0 Å². The highest BCUT2D eigenvalue weighted by atomic mass is 16.2. The summed E-state index contributed by atoms with van der Waals surface area (Å²) in [5, 5.41) is 8.75. The highest BCUT2D eigenvalue weighted by Gasteiger charge is 2.21. The predicted octanol–water partition coefficient (Wildman–Crippen LogP) is 2.25. The Labute approximate surface area is 119 Å². The summed E-state index contributed by atoms with van der Waals surface area (Å²) < 4.78 is 0. The fraction of sp³-hybridized carbons (Fsp3) is 0.353. The maximum absolute atomic E-state index is 11.9. The molecular formula is C17H20N2O. The lowest BCUT2D eigenvalue weighted by Crippen LogP contribution is -2.41. The summed E-state index contributed by atoms with van der Waals surface area (Å²) in [6.45, 7) is 1.66. The SMILES string of the molecule is O=C(NCCc1ccc2ccccc2c1)[C@@H]1CCCN1. The van der Waals surface area contributed by atoms with Crippen LogP contribution in [-0.4, -0.2) is 25.0 Å². The second kappa shape index (κ2) is 6.06. The molecule has 0 bridgehead atoms. The third-order valence-corrected chi connectivity index (χ3v) is 3.90. The minimum Gasteiger partial charge on any atom is -0.354 e. The van der Waals surface area contributed by atoms with Gasteiger partial charge >= 0.3 is 0 Å². The summed E-state index contributed by atoms with van der Waals surface area (Å²) in [7, 11) is 0. The van der Waals surface area contributed by atoms with Gasteiger partial charge in [0.25, 0.3) is 0 Å². The number of rotatable bonds is 4. The molecule has 0 aliphatic carbocycles. The summed E-state index contributed by atoms with van der Waals surface area (Å²) in [5.41, 5.74) is 1.27. The molecule has 3 rings (SSSR count). The maximum atomic E-state index is 11.9. The summed E-state index contributed by atoms with van der Waals surface area (Å²) in [4.78, 5) is 11.9. The van der Waals surface area contributed by atoms with E-state index in [1.54, 1.807) is 0 Å². The first-order valence-corrected chi connectivity index (χ1v) is 7.32. The van der Waals surface area contributed by atoms with Crippen LogP contribution in [0.15, 0.2) is 42.5 Å². The fourth-order valence-electron chi connectivity index (χ4n) is 2.76. The van der Waals surface area contributed by atoms with Crippen LogP contribution in [0.1, 0.15) is 18.4 Å². The molecule has 0 unspecified atom stereocenters. The van der Waals surface area contributed by atoms with Gasteiger partial charge in [0.1, 0.15) is 0 Å². The Morgan fingerprint density at radius 2 is 2.05 bits per heavy atom. The third kappa shape index (κ3) is 2.99. The van der Waals surface area contributed by atoms with Crippen molar-refractivity contribution in [2.24, 2.45) is 0 Å². The molecule has 2 aromatic rings. The van der Waals surface area contributed by atoms with Crippen LogP contribution in [0.3, 0.4) is 0 Å². The zero-order valence-corrected chi connectivity index (χ0v) is 11.6. The van der Waals surface area contributed by atoms with Crippen LogP contribution < -0.4 is 10.6 Å². The average molecular weight is 268 g/mol. The van der Waals surface area contributed by atoms with Gasteiger partial charge in [-0.2, -0.15) is 0 Å². The Hall–Kier alpha value is -1.87. The molecule has 1 amide bonds. The molecule has 1 aliphatic heterocycles. The molecule has 0 spiro atoms. The van der Waals surface area contributed by atoms with E-state index in [0.717, 1.165) is 25.8 Å². The molecule has 2 N–H and O–H groups in total. The number of fused-ring (bicyclic) bond motifs is 1. The molecule has 3 nitrogen and oxygen atoms in total. The van der Waals surface area contributed by atoms with Crippen molar-refractivity contribution in [3.05, 3.63) is 48.0 Å². The van der Waals surface area contributed by atoms with E-state index < -0.39 is 0 Å². The minimum absolute atomic E-state index is 0.0200. The number of amides is 1. The summed E-state index contributed by atoms with van der Waals surface area (Å²) >= 11 is 0. The molecule has 1 atom stereocenters. The van der Waals surface area contributed by atoms with Gasteiger partial charge < -0.3 is 10.6 Å². The number of nitrogens with one attached hydrogen (secondary N) is 2. The summed E-state index contributed by atoms with van der Waals surface area (Å²) in [6.07, 6.45) is 2.94. The molecule has 1 saturated heterocycles. The quantitative estimate of drug-likeness (QED) is 0.893. The van der Waals surface area contributed by atoms with Crippen molar-refractivity contribution >= 4 is 16.7 Å². The third-order valence-electron chi connectivity index (χ3n) is 3.90. The largest absolute Gasteiger partial charge is 0.354 e. The van der Waals surface area contributed by atoms with E-state index in [1.165, 1.54) is 16.3 Å². The van der Waals surface area contributed by atoms with Gasteiger partial charge in [0.2, 0.25) is 5.91 Å². The molecule has 1 fully saturated rings. The summed E-state index contributed by atoms with van der Waals surface area (Å²) in [6, 6.07) is 14.9. The van der Waals surface area contributed by atoms with Crippen molar-refractivity contribution in [3.8, 4) is 0 Å². The number of hydrogen-bond acceptors (Lipinski definition) is 2. The van der Waals surface area contributed by atoms with Crippen molar-refractivity contribution in [3.63, 3.8) is 0 Å². The Kier molecular flexibility index (Phi) is 3.97.